The first-order valence-corrected chi connectivity index (χ1v) is 6.52. The molecule has 0 unspecified atom stereocenters. The lowest BCUT2D eigenvalue weighted by atomic mass is 10.2. The molecule has 0 amide bonds. The monoisotopic (exact) mass is 274 g/mol. The standard InChI is InChI=1S/C14H18N4O2/c1-11(2)15-7-13-9-17(10-16-13)8-12-3-5-14(6-4-12)18(19)20/h3-6,9-11,15H,7-8H2,1-2H3. The highest BCUT2D eigenvalue weighted by Crippen LogP contribution is 2.13. The number of rotatable bonds is 6. The maximum atomic E-state index is 10.6. The van der Waals surface area contributed by atoms with Gasteiger partial charge in [0.2, 0.25) is 0 Å². The molecule has 0 saturated heterocycles. The van der Waals surface area contributed by atoms with E-state index in [9.17, 15) is 10.1 Å². The zero-order valence-corrected chi connectivity index (χ0v) is 11.6. The van der Waals surface area contributed by atoms with Crippen LogP contribution in [0.25, 0.3) is 0 Å². The molecule has 2 rings (SSSR count). The summed E-state index contributed by atoms with van der Waals surface area (Å²) in [5.41, 5.74) is 2.11. The van der Waals surface area contributed by atoms with E-state index in [0.29, 0.717) is 12.6 Å². The number of hydrogen-bond donors (Lipinski definition) is 1. The largest absolute Gasteiger partial charge is 0.333 e. The Morgan fingerprint density at radius 1 is 1.35 bits per heavy atom. The van der Waals surface area contributed by atoms with Crippen molar-refractivity contribution in [3.05, 3.63) is 58.2 Å². The Hall–Kier alpha value is -2.21. The van der Waals surface area contributed by atoms with E-state index in [-0.39, 0.29) is 5.69 Å². The molecule has 6 heteroatoms. The van der Waals surface area contributed by atoms with Crippen LogP contribution in [0.4, 0.5) is 5.69 Å². The number of nitrogens with one attached hydrogen (secondary N) is 1. The SMILES string of the molecule is CC(C)NCc1cn(Cc2ccc([N+](=O)[O-])cc2)cn1. The minimum absolute atomic E-state index is 0.112. The molecular weight excluding hydrogens is 256 g/mol. The molecule has 2 aromatic rings. The number of imidazole rings is 1. The molecule has 0 radical (unpaired) electrons. The van der Waals surface area contributed by atoms with Crippen molar-refractivity contribution in [1.29, 1.82) is 0 Å². The van der Waals surface area contributed by atoms with Gasteiger partial charge < -0.3 is 9.88 Å². The van der Waals surface area contributed by atoms with Crippen LogP contribution in [0.3, 0.4) is 0 Å². The molecule has 0 saturated carbocycles. The Labute approximate surface area is 117 Å². The highest BCUT2D eigenvalue weighted by Gasteiger charge is 2.05. The molecule has 0 aliphatic carbocycles. The summed E-state index contributed by atoms with van der Waals surface area (Å²) in [5.74, 6) is 0. The summed E-state index contributed by atoms with van der Waals surface area (Å²) in [4.78, 5) is 14.5. The van der Waals surface area contributed by atoms with Crippen molar-refractivity contribution in [1.82, 2.24) is 14.9 Å². The van der Waals surface area contributed by atoms with Crippen molar-refractivity contribution in [2.75, 3.05) is 0 Å². The molecule has 1 N–H and O–H groups in total. The van der Waals surface area contributed by atoms with Gasteiger partial charge in [0, 0.05) is 37.5 Å². The van der Waals surface area contributed by atoms with Crippen molar-refractivity contribution >= 4 is 5.69 Å². The second kappa shape index (κ2) is 6.29. The predicted molar refractivity (Wildman–Crippen MR) is 76.4 cm³/mol. The fourth-order valence-electron chi connectivity index (χ4n) is 1.83. The van der Waals surface area contributed by atoms with Gasteiger partial charge >= 0.3 is 0 Å². The van der Waals surface area contributed by atoms with Crippen molar-refractivity contribution in [3.63, 3.8) is 0 Å². The first-order valence-electron chi connectivity index (χ1n) is 6.52. The van der Waals surface area contributed by atoms with E-state index < -0.39 is 4.92 Å². The van der Waals surface area contributed by atoms with Crippen LogP contribution in [0, 0.1) is 10.1 Å². The van der Waals surface area contributed by atoms with Crippen molar-refractivity contribution in [2.45, 2.75) is 33.0 Å². The topological polar surface area (TPSA) is 73.0 Å². The second-order valence-electron chi connectivity index (χ2n) is 5.00. The Bertz CT molecular complexity index is 575. The van der Waals surface area contributed by atoms with Gasteiger partial charge in [-0.15, -0.1) is 0 Å². The first-order chi connectivity index (χ1) is 9.54. The van der Waals surface area contributed by atoms with E-state index >= 15 is 0 Å². The Morgan fingerprint density at radius 2 is 2.05 bits per heavy atom. The zero-order valence-electron chi connectivity index (χ0n) is 11.6. The number of nitrogens with zero attached hydrogens (tertiary/aromatic N) is 3. The molecule has 0 spiro atoms. The van der Waals surface area contributed by atoms with E-state index in [1.54, 1.807) is 18.5 Å². The predicted octanol–water partition coefficient (Wildman–Crippen LogP) is 2.34. The van der Waals surface area contributed by atoms with Gasteiger partial charge in [-0.3, -0.25) is 10.1 Å². The Kier molecular flexibility index (Phi) is 4.47. The molecular formula is C14H18N4O2. The number of nitro benzene ring substituents is 1. The minimum Gasteiger partial charge on any atom is -0.333 e. The molecule has 0 aliphatic heterocycles. The molecule has 0 fully saturated rings. The number of benzene rings is 1. The summed E-state index contributed by atoms with van der Waals surface area (Å²) < 4.78 is 1.97. The summed E-state index contributed by atoms with van der Waals surface area (Å²) >= 11 is 0. The van der Waals surface area contributed by atoms with E-state index in [0.717, 1.165) is 17.8 Å². The highest BCUT2D eigenvalue weighted by molar-refractivity contribution is 5.32. The molecule has 1 aromatic carbocycles. The maximum Gasteiger partial charge on any atom is 0.269 e. The molecule has 106 valence electrons. The van der Waals surface area contributed by atoms with Crippen LogP contribution in [0.15, 0.2) is 36.8 Å². The second-order valence-corrected chi connectivity index (χ2v) is 5.00. The molecule has 1 aromatic heterocycles. The maximum absolute atomic E-state index is 10.6. The number of nitro groups is 1. The van der Waals surface area contributed by atoms with Gasteiger partial charge in [0.05, 0.1) is 16.9 Å². The van der Waals surface area contributed by atoms with Crippen LogP contribution in [0.2, 0.25) is 0 Å². The van der Waals surface area contributed by atoms with Gasteiger partial charge in [-0.2, -0.15) is 0 Å². The summed E-state index contributed by atoms with van der Waals surface area (Å²) in [5, 5.41) is 13.9. The summed E-state index contributed by atoms with van der Waals surface area (Å²) in [7, 11) is 0. The van der Waals surface area contributed by atoms with Crippen molar-refractivity contribution < 1.29 is 4.92 Å². The lowest BCUT2D eigenvalue weighted by Crippen LogP contribution is -2.21. The number of non-ortho nitro benzene ring substituents is 1. The zero-order chi connectivity index (χ0) is 14.5. The van der Waals surface area contributed by atoms with Gasteiger partial charge in [-0.05, 0) is 5.56 Å². The average molecular weight is 274 g/mol. The van der Waals surface area contributed by atoms with Crippen LogP contribution < -0.4 is 5.32 Å². The van der Waals surface area contributed by atoms with Gasteiger partial charge in [0.15, 0.2) is 0 Å². The number of hydrogen-bond acceptors (Lipinski definition) is 4. The Morgan fingerprint density at radius 3 is 2.65 bits per heavy atom. The van der Waals surface area contributed by atoms with Crippen LogP contribution in [0.1, 0.15) is 25.1 Å². The summed E-state index contributed by atoms with van der Waals surface area (Å²) in [6.07, 6.45) is 3.76. The average Bonchev–Trinajstić information content (AvgIpc) is 2.84. The third kappa shape index (κ3) is 3.89. The summed E-state index contributed by atoms with van der Waals surface area (Å²) in [6.45, 7) is 5.58. The molecule has 0 aliphatic rings. The third-order valence-corrected chi connectivity index (χ3v) is 2.89. The van der Waals surface area contributed by atoms with Crippen molar-refractivity contribution in [2.24, 2.45) is 0 Å². The normalized spacial score (nSPS) is 10.9. The van der Waals surface area contributed by atoms with Crippen LogP contribution in [0.5, 0.6) is 0 Å². The first kappa shape index (κ1) is 14.2. The van der Waals surface area contributed by atoms with Crippen molar-refractivity contribution in [3.8, 4) is 0 Å². The minimum atomic E-state index is -0.392. The van der Waals surface area contributed by atoms with E-state index in [1.165, 1.54) is 12.1 Å². The smallest absolute Gasteiger partial charge is 0.269 e. The Balaban J connectivity index is 1.97. The van der Waals surface area contributed by atoms with Gasteiger partial charge in [0.25, 0.3) is 5.69 Å². The van der Waals surface area contributed by atoms with Crippen LogP contribution in [-0.4, -0.2) is 20.5 Å². The molecule has 6 nitrogen and oxygen atoms in total. The van der Waals surface area contributed by atoms with Gasteiger partial charge in [-0.1, -0.05) is 26.0 Å². The molecule has 1 heterocycles. The van der Waals surface area contributed by atoms with Crippen LogP contribution in [-0.2, 0) is 13.1 Å². The fraction of sp³-hybridized carbons (Fsp3) is 0.357. The van der Waals surface area contributed by atoms with Crippen LogP contribution >= 0.6 is 0 Å². The number of aromatic nitrogens is 2. The quantitative estimate of drug-likeness (QED) is 0.648. The molecule has 0 atom stereocenters. The highest BCUT2D eigenvalue weighted by atomic mass is 16.6. The lowest BCUT2D eigenvalue weighted by Gasteiger charge is -2.05. The lowest BCUT2D eigenvalue weighted by molar-refractivity contribution is -0.384. The molecule has 20 heavy (non-hydrogen) atoms. The summed E-state index contributed by atoms with van der Waals surface area (Å²) in [6, 6.07) is 7.00. The van der Waals surface area contributed by atoms with Gasteiger partial charge in [0.1, 0.15) is 0 Å². The fourth-order valence-corrected chi connectivity index (χ4v) is 1.83. The molecule has 0 bridgehead atoms. The van der Waals surface area contributed by atoms with Gasteiger partial charge in [-0.25, -0.2) is 4.98 Å². The third-order valence-electron chi connectivity index (χ3n) is 2.89. The van der Waals surface area contributed by atoms with E-state index in [4.69, 9.17) is 0 Å². The van der Waals surface area contributed by atoms with E-state index in [2.05, 4.69) is 24.1 Å². The van der Waals surface area contributed by atoms with E-state index in [1.807, 2.05) is 10.8 Å².